The predicted molar refractivity (Wildman–Crippen MR) is 58.0 cm³/mol. The lowest BCUT2D eigenvalue weighted by Crippen LogP contribution is -2.11. The first-order valence-corrected chi connectivity index (χ1v) is 5.11. The van der Waals surface area contributed by atoms with Crippen LogP contribution < -0.4 is 5.73 Å². The van der Waals surface area contributed by atoms with Crippen molar-refractivity contribution < 1.29 is 0 Å². The fourth-order valence-corrected chi connectivity index (χ4v) is 1.84. The molecule has 0 aliphatic carbocycles. The van der Waals surface area contributed by atoms with Crippen LogP contribution in [-0.2, 0) is 6.42 Å². The van der Waals surface area contributed by atoms with Gasteiger partial charge in [-0.25, -0.2) is 0 Å². The van der Waals surface area contributed by atoms with E-state index in [1.54, 1.807) is 0 Å². The summed E-state index contributed by atoms with van der Waals surface area (Å²) >= 11 is 6.10. The summed E-state index contributed by atoms with van der Waals surface area (Å²) in [6.07, 6.45) is 1.92. The average molecular weight is 198 g/mol. The second-order valence-corrected chi connectivity index (χ2v) is 3.59. The first-order valence-electron chi connectivity index (χ1n) is 4.73. The molecular formula is C11H16ClN. The van der Waals surface area contributed by atoms with Crippen LogP contribution in [0, 0.1) is 0 Å². The lowest BCUT2D eigenvalue weighted by atomic mass is 9.97. The Labute approximate surface area is 84.9 Å². The highest BCUT2D eigenvalue weighted by Gasteiger charge is 2.11. The van der Waals surface area contributed by atoms with Crippen LogP contribution in [0.25, 0.3) is 0 Å². The molecule has 0 aliphatic rings. The molecule has 0 aliphatic heterocycles. The Kier molecular flexibility index (Phi) is 3.76. The van der Waals surface area contributed by atoms with E-state index >= 15 is 0 Å². The molecule has 72 valence electrons. The van der Waals surface area contributed by atoms with Crippen molar-refractivity contribution in [2.24, 2.45) is 5.73 Å². The number of benzene rings is 1. The third-order valence-electron chi connectivity index (χ3n) is 2.33. The number of hydrogen-bond donors (Lipinski definition) is 1. The van der Waals surface area contributed by atoms with Crippen molar-refractivity contribution in [2.75, 3.05) is 0 Å². The van der Waals surface area contributed by atoms with E-state index in [4.69, 9.17) is 17.3 Å². The minimum Gasteiger partial charge on any atom is -0.324 e. The van der Waals surface area contributed by atoms with E-state index in [2.05, 4.69) is 19.9 Å². The van der Waals surface area contributed by atoms with Crippen LogP contribution in [0.1, 0.15) is 37.4 Å². The summed E-state index contributed by atoms with van der Waals surface area (Å²) in [6, 6.07) is 6.05. The molecule has 13 heavy (non-hydrogen) atoms. The molecule has 0 fully saturated rings. The van der Waals surface area contributed by atoms with Gasteiger partial charge in [0.25, 0.3) is 0 Å². The van der Waals surface area contributed by atoms with Crippen molar-refractivity contribution in [1.29, 1.82) is 0 Å². The van der Waals surface area contributed by atoms with Gasteiger partial charge < -0.3 is 5.73 Å². The molecule has 1 aromatic carbocycles. The number of hydrogen-bond acceptors (Lipinski definition) is 1. The molecule has 1 unspecified atom stereocenters. The molecule has 0 heterocycles. The van der Waals surface area contributed by atoms with Gasteiger partial charge in [0, 0.05) is 11.1 Å². The van der Waals surface area contributed by atoms with Crippen LogP contribution in [0.3, 0.4) is 0 Å². The summed E-state index contributed by atoms with van der Waals surface area (Å²) in [6.45, 7) is 4.20. The Bertz CT molecular complexity index is 283. The normalized spacial score (nSPS) is 12.9. The number of aryl methyl sites for hydroxylation is 1. The van der Waals surface area contributed by atoms with Gasteiger partial charge in [-0.3, -0.25) is 0 Å². The predicted octanol–water partition coefficient (Wildman–Crippen LogP) is 3.31. The van der Waals surface area contributed by atoms with Gasteiger partial charge in [-0.05, 0) is 30.0 Å². The van der Waals surface area contributed by atoms with Crippen molar-refractivity contribution in [3.63, 3.8) is 0 Å². The van der Waals surface area contributed by atoms with Gasteiger partial charge in [-0.15, -0.1) is 0 Å². The van der Waals surface area contributed by atoms with E-state index < -0.39 is 0 Å². The number of nitrogens with two attached hydrogens (primary N) is 1. The zero-order valence-corrected chi connectivity index (χ0v) is 8.93. The largest absolute Gasteiger partial charge is 0.324 e. The Morgan fingerprint density at radius 2 is 2.08 bits per heavy atom. The van der Waals surface area contributed by atoms with Gasteiger partial charge in [-0.2, -0.15) is 0 Å². The molecule has 1 nitrogen and oxygen atoms in total. The molecular weight excluding hydrogens is 182 g/mol. The first-order chi connectivity index (χ1) is 6.20. The van der Waals surface area contributed by atoms with Crippen LogP contribution in [0.2, 0.25) is 5.02 Å². The van der Waals surface area contributed by atoms with Crippen LogP contribution in [-0.4, -0.2) is 0 Å². The van der Waals surface area contributed by atoms with Crippen LogP contribution in [0.4, 0.5) is 0 Å². The second kappa shape index (κ2) is 4.64. The molecule has 0 spiro atoms. The van der Waals surface area contributed by atoms with Crippen molar-refractivity contribution in [3.05, 3.63) is 34.3 Å². The fraction of sp³-hybridized carbons (Fsp3) is 0.455. The molecule has 0 saturated heterocycles. The molecule has 0 radical (unpaired) electrons. The molecule has 1 atom stereocenters. The van der Waals surface area contributed by atoms with Gasteiger partial charge >= 0.3 is 0 Å². The highest BCUT2D eigenvalue weighted by Crippen LogP contribution is 2.27. The summed E-state index contributed by atoms with van der Waals surface area (Å²) in [5.74, 6) is 0. The SMILES string of the molecule is CCc1cccc(Cl)c1C(N)CC. The van der Waals surface area contributed by atoms with E-state index in [0.717, 1.165) is 23.4 Å². The summed E-state index contributed by atoms with van der Waals surface area (Å²) in [7, 11) is 0. The van der Waals surface area contributed by atoms with E-state index in [9.17, 15) is 0 Å². The third kappa shape index (κ3) is 2.23. The Balaban J connectivity index is 3.14. The Morgan fingerprint density at radius 1 is 1.38 bits per heavy atom. The summed E-state index contributed by atoms with van der Waals surface area (Å²) < 4.78 is 0. The van der Waals surface area contributed by atoms with Crippen molar-refractivity contribution >= 4 is 11.6 Å². The van der Waals surface area contributed by atoms with Crippen molar-refractivity contribution in [2.45, 2.75) is 32.7 Å². The van der Waals surface area contributed by atoms with Gasteiger partial charge in [0.15, 0.2) is 0 Å². The van der Waals surface area contributed by atoms with Crippen molar-refractivity contribution in [1.82, 2.24) is 0 Å². The highest BCUT2D eigenvalue weighted by atomic mass is 35.5. The van der Waals surface area contributed by atoms with Gasteiger partial charge in [0.2, 0.25) is 0 Å². The van der Waals surface area contributed by atoms with Crippen molar-refractivity contribution in [3.8, 4) is 0 Å². The average Bonchev–Trinajstić information content (AvgIpc) is 2.16. The van der Waals surface area contributed by atoms with E-state index in [-0.39, 0.29) is 6.04 Å². The molecule has 0 aromatic heterocycles. The monoisotopic (exact) mass is 197 g/mol. The number of rotatable bonds is 3. The quantitative estimate of drug-likeness (QED) is 0.791. The molecule has 0 saturated carbocycles. The van der Waals surface area contributed by atoms with Crippen LogP contribution in [0.15, 0.2) is 18.2 Å². The summed E-state index contributed by atoms with van der Waals surface area (Å²) in [5, 5.41) is 0.800. The molecule has 1 rings (SSSR count). The van der Waals surface area contributed by atoms with E-state index in [0.29, 0.717) is 0 Å². The number of halogens is 1. The minimum atomic E-state index is 0.0728. The van der Waals surface area contributed by atoms with Gasteiger partial charge in [0.1, 0.15) is 0 Å². The maximum atomic E-state index is 6.10. The summed E-state index contributed by atoms with van der Waals surface area (Å²) in [5.41, 5.74) is 8.37. The maximum Gasteiger partial charge on any atom is 0.0456 e. The zero-order chi connectivity index (χ0) is 9.84. The summed E-state index contributed by atoms with van der Waals surface area (Å²) in [4.78, 5) is 0. The van der Waals surface area contributed by atoms with Crippen LogP contribution >= 0.6 is 11.6 Å². The lowest BCUT2D eigenvalue weighted by Gasteiger charge is -2.15. The van der Waals surface area contributed by atoms with Crippen LogP contribution in [0.5, 0.6) is 0 Å². The van der Waals surface area contributed by atoms with E-state index in [1.165, 1.54) is 5.56 Å². The minimum absolute atomic E-state index is 0.0728. The highest BCUT2D eigenvalue weighted by molar-refractivity contribution is 6.31. The lowest BCUT2D eigenvalue weighted by molar-refractivity contribution is 0.690. The molecule has 2 heteroatoms. The fourth-order valence-electron chi connectivity index (χ4n) is 1.51. The topological polar surface area (TPSA) is 26.0 Å². The molecule has 0 amide bonds. The third-order valence-corrected chi connectivity index (χ3v) is 2.66. The maximum absolute atomic E-state index is 6.10. The molecule has 1 aromatic rings. The first kappa shape index (κ1) is 10.6. The Hall–Kier alpha value is -0.530. The zero-order valence-electron chi connectivity index (χ0n) is 8.18. The standard InChI is InChI=1S/C11H16ClN/c1-3-8-6-5-7-9(12)11(8)10(13)4-2/h5-7,10H,3-4,13H2,1-2H3. The second-order valence-electron chi connectivity index (χ2n) is 3.18. The molecule has 2 N–H and O–H groups in total. The van der Waals surface area contributed by atoms with E-state index in [1.807, 2.05) is 12.1 Å². The smallest absolute Gasteiger partial charge is 0.0456 e. The van der Waals surface area contributed by atoms with Gasteiger partial charge in [-0.1, -0.05) is 37.6 Å². The van der Waals surface area contributed by atoms with Gasteiger partial charge in [0.05, 0.1) is 0 Å². The Morgan fingerprint density at radius 3 is 2.62 bits per heavy atom. The molecule has 0 bridgehead atoms.